The molecule has 0 bridgehead atoms. The number of benzene rings is 2. The van der Waals surface area contributed by atoms with Crippen molar-refractivity contribution in [3.05, 3.63) is 78.0 Å². The number of amides is 1. The van der Waals surface area contributed by atoms with Crippen molar-refractivity contribution in [3.8, 4) is 5.75 Å². The monoisotopic (exact) mass is 421 g/mol. The molecule has 0 saturated heterocycles. The number of nitrogens with one attached hydrogen (secondary N) is 1. The molecule has 0 unspecified atom stereocenters. The summed E-state index contributed by atoms with van der Waals surface area (Å²) in [5.41, 5.74) is 2.11. The zero-order valence-corrected chi connectivity index (χ0v) is 17.9. The molecule has 1 heterocycles. The smallest absolute Gasteiger partial charge is 0.344 e. The van der Waals surface area contributed by atoms with Crippen LogP contribution in [0.1, 0.15) is 37.9 Å². The third-order valence-corrected chi connectivity index (χ3v) is 4.64. The second-order valence-electron chi connectivity index (χ2n) is 7.43. The van der Waals surface area contributed by atoms with E-state index in [1.807, 2.05) is 68.4 Å². The average Bonchev–Trinajstić information content (AvgIpc) is 3.22. The molecule has 0 radical (unpaired) electrons. The van der Waals surface area contributed by atoms with Crippen molar-refractivity contribution < 1.29 is 19.1 Å². The van der Waals surface area contributed by atoms with Crippen molar-refractivity contribution in [1.82, 2.24) is 9.78 Å². The first-order valence-corrected chi connectivity index (χ1v) is 10.2. The van der Waals surface area contributed by atoms with Gasteiger partial charge in [-0.2, -0.15) is 5.10 Å². The van der Waals surface area contributed by atoms with Crippen molar-refractivity contribution in [3.63, 3.8) is 0 Å². The predicted molar refractivity (Wildman–Crippen MR) is 118 cm³/mol. The lowest BCUT2D eigenvalue weighted by atomic mass is 10.0. The molecule has 1 aromatic heterocycles. The van der Waals surface area contributed by atoms with Gasteiger partial charge in [-0.25, -0.2) is 9.48 Å². The van der Waals surface area contributed by atoms with Crippen LogP contribution in [0.15, 0.2) is 66.9 Å². The maximum absolute atomic E-state index is 12.4. The maximum atomic E-state index is 12.4. The Morgan fingerprint density at radius 1 is 1.00 bits per heavy atom. The molecule has 0 aliphatic carbocycles. The van der Waals surface area contributed by atoms with Crippen LogP contribution < -0.4 is 10.1 Å². The van der Waals surface area contributed by atoms with Crippen molar-refractivity contribution in [2.24, 2.45) is 0 Å². The van der Waals surface area contributed by atoms with E-state index in [1.54, 1.807) is 16.9 Å². The van der Waals surface area contributed by atoms with Crippen molar-refractivity contribution in [2.75, 3.05) is 11.9 Å². The van der Waals surface area contributed by atoms with Gasteiger partial charge in [0, 0.05) is 18.5 Å². The molecule has 1 amide bonds. The van der Waals surface area contributed by atoms with Crippen LogP contribution in [0.2, 0.25) is 0 Å². The van der Waals surface area contributed by atoms with Crippen LogP contribution in [0, 0.1) is 0 Å². The highest BCUT2D eigenvalue weighted by Gasteiger charge is 2.20. The van der Waals surface area contributed by atoms with E-state index < -0.39 is 18.0 Å². The summed E-state index contributed by atoms with van der Waals surface area (Å²) in [6, 6.07) is 19.3. The molecule has 162 valence electrons. The first-order valence-electron chi connectivity index (χ1n) is 10.2. The first-order chi connectivity index (χ1) is 14.9. The number of carbonyl (C=O) groups excluding carboxylic acids is 2. The van der Waals surface area contributed by atoms with E-state index in [1.165, 1.54) is 6.92 Å². The fourth-order valence-electron chi connectivity index (χ4n) is 3.08. The van der Waals surface area contributed by atoms with Crippen molar-refractivity contribution >= 4 is 17.7 Å². The molecule has 0 aliphatic heterocycles. The van der Waals surface area contributed by atoms with Crippen LogP contribution in [-0.4, -0.2) is 34.4 Å². The molecule has 1 N–H and O–H groups in total. The molecule has 0 fully saturated rings. The summed E-state index contributed by atoms with van der Waals surface area (Å²) in [6.45, 7) is 5.15. The molecule has 0 spiro atoms. The number of nitrogens with zero attached hydrogens (tertiary/aromatic N) is 2. The SMILES string of the molecule is CC(C)n1nccc1NC(=O)[C@H](C)OC(=O)COc1ccccc1Cc1ccccc1. The van der Waals surface area contributed by atoms with Gasteiger partial charge in [0.1, 0.15) is 11.6 Å². The molecular formula is C24H27N3O4. The van der Waals surface area contributed by atoms with E-state index in [0.29, 0.717) is 18.0 Å². The minimum atomic E-state index is -0.967. The molecule has 3 rings (SSSR count). The van der Waals surface area contributed by atoms with Gasteiger partial charge < -0.3 is 14.8 Å². The summed E-state index contributed by atoms with van der Waals surface area (Å²) >= 11 is 0. The number of hydrogen-bond donors (Lipinski definition) is 1. The number of carbonyl (C=O) groups is 2. The zero-order chi connectivity index (χ0) is 22.2. The van der Waals surface area contributed by atoms with Gasteiger partial charge in [-0.05, 0) is 38.0 Å². The maximum Gasteiger partial charge on any atom is 0.344 e. The van der Waals surface area contributed by atoms with Gasteiger partial charge in [0.25, 0.3) is 5.91 Å². The van der Waals surface area contributed by atoms with Crippen LogP contribution in [0.25, 0.3) is 0 Å². The van der Waals surface area contributed by atoms with Crippen LogP contribution in [-0.2, 0) is 20.7 Å². The molecule has 7 nitrogen and oxygen atoms in total. The Morgan fingerprint density at radius 2 is 1.71 bits per heavy atom. The highest BCUT2D eigenvalue weighted by Crippen LogP contribution is 2.21. The van der Waals surface area contributed by atoms with E-state index in [0.717, 1.165) is 11.1 Å². The summed E-state index contributed by atoms with van der Waals surface area (Å²) in [5.74, 6) is 0.116. The second-order valence-corrected chi connectivity index (χ2v) is 7.43. The number of anilines is 1. The zero-order valence-electron chi connectivity index (χ0n) is 17.9. The molecule has 2 aromatic carbocycles. The molecular weight excluding hydrogens is 394 g/mol. The summed E-state index contributed by atoms with van der Waals surface area (Å²) in [5, 5.41) is 6.90. The second kappa shape index (κ2) is 10.4. The van der Waals surface area contributed by atoms with E-state index in [2.05, 4.69) is 10.4 Å². The molecule has 7 heteroatoms. The van der Waals surface area contributed by atoms with Gasteiger partial charge in [-0.1, -0.05) is 48.5 Å². The summed E-state index contributed by atoms with van der Waals surface area (Å²) < 4.78 is 12.6. The van der Waals surface area contributed by atoms with Gasteiger partial charge in [-0.15, -0.1) is 0 Å². The molecule has 31 heavy (non-hydrogen) atoms. The summed E-state index contributed by atoms with van der Waals surface area (Å²) in [6.07, 6.45) is 1.33. The summed E-state index contributed by atoms with van der Waals surface area (Å²) in [4.78, 5) is 24.6. The average molecular weight is 421 g/mol. The number of esters is 1. The largest absolute Gasteiger partial charge is 0.482 e. The Morgan fingerprint density at radius 3 is 2.45 bits per heavy atom. The number of hydrogen-bond acceptors (Lipinski definition) is 5. The highest BCUT2D eigenvalue weighted by molar-refractivity contribution is 5.94. The third-order valence-electron chi connectivity index (χ3n) is 4.64. The van der Waals surface area contributed by atoms with E-state index in [9.17, 15) is 9.59 Å². The standard InChI is InChI=1S/C24H27N3O4/c1-17(2)27-22(13-14-25-27)26-24(29)18(3)31-23(28)16-30-21-12-8-7-11-20(21)15-19-9-5-4-6-10-19/h4-14,17-18H,15-16H2,1-3H3,(H,26,29)/t18-/m0/s1. The number of para-hydroxylation sites is 1. The molecule has 3 aromatic rings. The Hall–Kier alpha value is -3.61. The van der Waals surface area contributed by atoms with Crippen LogP contribution >= 0.6 is 0 Å². The predicted octanol–water partition coefficient (Wildman–Crippen LogP) is 4.00. The Balaban J connectivity index is 1.53. The third kappa shape index (κ3) is 6.18. The van der Waals surface area contributed by atoms with Gasteiger partial charge >= 0.3 is 5.97 Å². The van der Waals surface area contributed by atoms with Crippen LogP contribution in [0.4, 0.5) is 5.82 Å². The quantitative estimate of drug-likeness (QED) is 0.528. The van der Waals surface area contributed by atoms with Crippen LogP contribution in [0.5, 0.6) is 5.75 Å². The van der Waals surface area contributed by atoms with Gasteiger partial charge in [0.05, 0.1) is 6.20 Å². The lowest BCUT2D eigenvalue weighted by molar-refractivity contribution is -0.155. The van der Waals surface area contributed by atoms with Crippen molar-refractivity contribution in [2.45, 2.75) is 39.3 Å². The fourth-order valence-corrected chi connectivity index (χ4v) is 3.08. The Bertz CT molecular complexity index is 1010. The normalized spacial score (nSPS) is 11.7. The van der Waals surface area contributed by atoms with E-state index in [-0.39, 0.29) is 12.6 Å². The highest BCUT2D eigenvalue weighted by atomic mass is 16.6. The molecule has 1 atom stereocenters. The minimum Gasteiger partial charge on any atom is -0.482 e. The number of rotatable bonds is 9. The van der Waals surface area contributed by atoms with Crippen molar-refractivity contribution in [1.29, 1.82) is 0 Å². The van der Waals surface area contributed by atoms with Gasteiger partial charge in [-0.3, -0.25) is 4.79 Å². The number of aromatic nitrogens is 2. The van der Waals surface area contributed by atoms with E-state index >= 15 is 0 Å². The van der Waals surface area contributed by atoms with Gasteiger partial charge in [0.15, 0.2) is 12.7 Å². The van der Waals surface area contributed by atoms with Crippen LogP contribution in [0.3, 0.4) is 0 Å². The lowest BCUT2D eigenvalue weighted by Gasteiger charge is -2.16. The summed E-state index contributed by atoms with van der Waals surface area (Å²) in [7, 11) is 0. The Labute approximate surface area is 182 Å². The topological polar surface area (TPSA) is 82.5 Å². The van der Waals surface area contributed by atoms with Gasteiger partial charge in [0.2, 0.25) is 0 Å². The minimum absolute atomic E-state index is 0.0903. The van der Waals surface area contributed by atoms with E-state index in [4.69, 9.17) is 9.47 Å². The first kappa shape index (κ1) is 22.1. The Kier molecular flexibility index (Phi) is 7.43. The molecule has 0 saturated carbocycles. The fraction of sp³-hybridized carbons (Fsp3) is 0.292. The number of ether oxygens (including phenoxy) is 2. The lowest BCUT2D eigenvalue weighted by Crippen LogP contribution is -2.32. The molecule has 0 aliphatic rings.